The normalized spacial score (nSPS) is 16.5. The van der Waals surface area contributed by atoms with Crippen LogP contribution in [0.4, 0.5) is 26.7 Å². The maximum Gasteiger partial charge on any atom is 0.411 e. The van der Waals surface area contributed by atoms with Crippen molar-refractivity contribution < 1.29 is 14.3 Å². The van der Waals surface area contributed by atoms with Crippen molar-refractivity contribution in [2.75, 3.05) is 50.6 Å². The fraction of sp³-hybridized carbons (Fsp3) is 0.364. The summed E-state index contributed by atoms with van der Waals surface area (Å²) >= 11 is 0. The molecule has 0 radical (unpaired) electrons. The summed E-state index contributed by atoms with van der Waals surface area (Å²) in [4.78, 5) is 31.3. The molecular formula is C22H26N4O3. The summed E-state index contributed by atoms with van der Waals surface area (Å²) in [7, 11) is 3.40. The number of carbonyl (C=O) groups is 2. The Kier molecular flexibility index (Phi) is 5.40. The molecule has 0 unspecified atom stereocenters. The summed E-state index contributed by atoms with van der Waals surface area (Å²) in [5, 5.41) is 2.71. The number of anilines is 3. The number of methoxy groups -OCH3 is 1. The van der Waals surface area contributed by atoms with E-state index in [1.54, 1.807) is 0 Å². The zero-order valence-corrected chi connectivity index (χ0v) is 16.9. The molecule has 1 saturated heterocycles. The van der Waals surface area contributed by atoms with Gasteiger partial charge in [-0.05, 0) is 49.2 Å². The number of hydrogen-bond acceptors (Lipinski definition) is 4. The summed E-state index contributed by atoms with van der Waals surface area (Å²) in [6.07, 6.45) is 1.16. The Morgan fingerprint density at radius 3 is 2.34 bits per heavy atom. The van der Waals surface area contributed by atoms with Gasteiger partial charge in [0, 0.05) is 31.9 Å². The van der Waals surface area contributed by atoms with Gasteiger partial charge >= 0.3 is 12.1 Å². The van der Waals surface area contributed by atoms with E-state index in [0.29, 0.717) is 18.8 Å². The topological polar surface area (TPSA) is 65.1 Å². The second-order valence-corrected chi connectivity index (χ2v) is 7.50. The zero-order chi connectivity index (χ0) is 20.4. The quantitative estimate of drug-likeness (QED) is 0.804. The first-order valence-electron chi connectivity index (χ1n) is 9.90. The van der Waals surface area contributed by atoms with E-state index >= 15 is 0 Å². The van der Waals surface area contributed by atoms with Crippen LogP contribution in [-0.4, -0.2) is 62.3 Å². The van der Waals surface area contributed by atoms with E-state index in [0.717, 1.165) is 48.4 Å². The third kappa shape index (κ3) is 3.91. The third-order valence-corrected chi connectivity index (χ3v) is 5.62. The van der Waals surface area contributed by atoms with Crippen LogP contribution in [0.2, 0.25) is 0 Å². The van der Waals surface area contributed by atoms with E-state index in [-0.39, 0.29) is 6.03 Å². The average Bonchev–Trinajstić information content (AvgIpc) is 2.90. The Bertz CT molecular complexity index is 922. The highest BCUT2D eigenvalue weighted by molar-refractivity contribution is 6.02. The first-order valence-corrected chi connectivity index (χ1v) is 9.90. The van der Waals surface area contributed by atoms with Crippen molar-refractivity contribution >= 4 is 29.2 Å². The van der Waals surface area contributed by atoms with E-state index in [2.05, 4.69) is 23.3 Å². The van der Waals surface area contributed by atoms with E-state index in [1.165, 1.54) is 7.11 Å². The molecule has 0 spiro atoms. The molecule has 1 N–H and O–H groups in total. The monoisotopic (exact) mass is 394 g/mol. The summed E-state index contributed by atoms with van der Waals surface area (Å²) in [5.41, 5.74) is 4.55. The van der Waals surface area contributed by atoms with E-state index in [9.17, 15) is 9.59 Å². The number of fused-ring (bicyclic) bond motifs is 2. The van der Waals surface area contributed by atoms with Gasteiger partial charge in [0.2, 0.25) is 0 Å². The molecule has 2 heterocycles. The van der Waals surface area contributed by atoms with Crippen LogP contribution in [0.5, 0.6) is 0 Å². The van der Waals surface area contributed by atoms with Crippen LogP contribution in [0, 0.1) is 0 Å². The molecule has 0 aromatic heterocycles. The second-order valence-electron chi connectivity index (χ2n) is 7.50. The molecule has 0 saturated carbocycles. The maximum absolute atomic E-state index is 13.6. The van der Waals surface area contributed by atoms with Gasteiger partial charge in [0.25, 0.3) is 0 Å². The highest BCUT2D eigenvalue weighted by Gasteiger charge is 2.31. The van der Waals surface area contributed by atoms with Gasteiger partial charge in [0.05, 0.1) is 18.5 Å². The maximum atomic E-state index is 13.6. The van der Waals surface area contributed by atoms with Crippen molar-refractivity contribution in [2.24, 2.45) is 0 Å². The number of nitrogens with zero attached hydrogens (tertiary/aromatic N) is 3. The number of ether oxygens (including phenoxy) is 1. The Labute approximate surface area is 170 Å². The summed E-state index contributed by atoms with van der Waals surface area (Å²) in [5.74, 6) is 0. The molecule has 1 fully saturated rings. The number of hydrogen-bond donors (Lipinski definition) is 1. The Morgan fingerprint density at radius 1 is 0.931 bits per heavy atom. The fourth-order valence-corrected chi connectivity index (χ4v) is 3.91. The number of benzene rings is 2. The number of likely N-dealkylation sites (N-methyl/N-ethyl adjacent to an activating group) is 1. The molecule has 0 aliphatic carbocycles. The molecule has 0 atom stereocenters. The number of aryl methyl sites for hydroxylation is 2. The SMILES string of the molecule is COC(=O)Nc1ccc2c(c1)N(C(=O)N1CCN(C)CC1)c1ccccc1CC2. The Morgan fingerprint density at radius 2 is 1.62 bits per heavy atom. The lowest BCUT2D eigenvalue weighted by Crippen LogP contribution is -2.51. The molecule has 29 heavy (non-hydrogen) atoms. The highest BCUT2D eigenvalue weighted by atomic mass is 16.5. The number of amides is 3. The molecular weight excluding hydrogens is 368 g/mol. The molecule has 3 amide bonds. The first kappa shape index (κ1) is 19.3. The lowest BCUT2D eigenvalue weighted by Gasteiger charge is -2.36. The molecule has 4 rings (SSSR count). The predicted octanol–water partition coefficient (Wildman–Crippen LogP) is 3.47. The molecule has 2 aliphatic heterocycles. The number of rotatable bonds is 1. The van der Waals surface area contributed by atoms with Crippen LogP contribution >= 0.6 is 0 Å². The number of para-hydroxylation sites is 1. The van der Waals surface area contributed by atoms with Crippen molar-refractivity contribution in [1.29, 1.82) is 0 Å². The standard InChI is InChI=1S/C22H26N4O3/c1-24-11-13-25(14-12-24)22(28)26-19-6-4-3-5-16(19)7-8-17-9-10-18(15-20(17)26)23-21(27)29-2/h3-6,9-10,15H,7-8,11-14H2,1-2H3,(H,23,27). The van der Waals surface area contributed by atoms with Crippen molar-refractivity contribution in [3.63, 3.8) is 0 Å². The van der Waals surface area contributed by atoms with Gasteiger partial charge in [-0.15, -0.1) is 0 Å². The van der Waals surface area contributed by atoms with Crippen molar-refractivity contribution in [1.82, 2.24) is 9.80 Å². The van der Waals surface area contributed by atoms with Crippen LogP contribution in [0.15, 0.2) is 42.5 Å². The highest BCUT2D eigenvalue weighted by Crippen LogP contribution is 2.38. The first-order chi connectivity index (χ1) is 14.1. The van der Waals surface area contributed by atoms with Gasteiger partial charge in [0.1, 0.15) is 0 Å². The number of urea groups is 1. The fourth-order valence-electron chi connectivity index (χ4n) is 3.91. The van der Waals surface area contributed by atoms with Gasteiger partial charge < -0.3 is 14.5 Å². The molecule has 2 aliphatic rings. The van der Waals surface area contributed by atoms with Crippen molar-refractivity contribution in [3.8, 4) is 0 Å². The van der Waals surface area contributed by atoms with E-state index < -0.39 is 6.09 Å². The van der Waals surface area contributed by atoms with E-state index in [4.69, 9.17) is 4.74 Å². The van der Waals surface area contributed by atoms with E-state index in [1.807, 2.05) is 46.2 Å². The molecule has 152 valence electrons. The minimum atomic E-state index is -0.532. The minimum Gasteiger partial charge on any atom is -0.453 e. The van der Waals surface area contributed by atoms with Gasteiger partial charge in [-0.2, -0.15) is 0 Å². The molecule has 2 aromatic rings. The summed E-state index contributed by atoms with van der Waals surface area (Å²) < 4.78 is 4.72. The smallest absolute Gasteiger partial charge is 0.411 e. The van der Waals surface area contributed by atoms with Crippen molar-refractivity contribution in [3.05, 3.63) is 53.6 Å². The summed E-state index contributed by atoms with van der Waals surface area (Å²) in [6.45, 7) is 3.11. The number of carbonyl (C=O) groups excluding carboxylic acids is 2. The lowest BCUT2D eigenvalue weighted by molar-refractivity contribution is 0.161. The predicted molar refractivity (Wildman–Crippen MR) is 113 cm³/mol. The lowest BCUT2D eigenvalue weighted by atomic mass is 10.0. The van der Waals surface area contributed by atoms with Crippen LogP contribution in [-0.2, 0) is 17.6 Å². The van der Waals surface area contributed by atoms with Gasteiger partial charge in [0.15, 0.2) is 0 Å². The molecule has 2 aromatic carbocycles. The van der Waals surface area contributed by atoms with Gasteiger partial charge in [-0.25, -0.2) is 9.59 Å². The molecule has 0 bridgehead atoms. The largest absolute Gasteiger partial charge is 0.453 e. The van der Waals surface area contributed by atoms with Gasteiger partial charge in [-0.3, -0.25) is 10.2 Å². The Balaban J connectivity index is 1.76. The number of nitrogens with one attached hydrogen (secondary N) is 1. The summed E-state index contributed by atoms with van der Waals surface area (Å²) in [6, 6.07) is 13.7. The Hall–Kier alpha value is -3.06. The number of piperazine rings is 1. The zero-order valence-electron chi connectivity index (χ0n) is 16.9. The van der Waals surface area contributed by atoms with Crippen LogP contribution in [0.25, 0.3) is 0 Å². The van der Waals surface area contributed by atoms with Crippen LogP contribution < -0.4 is 10.2 Å². The second kappa shape index (κ2) is 8.13. The van der Waals surface area contributed by atoms with Gasteiger partial charge in [-0.1, -0.05) is 24.3 Å². The third-order valence-electron chi connectivity index (χ3n) is 5.62. The average molecular weight is 394 g/mol. The van der Waals surface area contributed by atoms with Crippen LogP contribution in [0.3, 0.4) is 0 Å². The van der Waals surface area contributed by atoms with Crippen molar-refractivity contribution in [2.45, 2.75) is 12.8 Å². The molecule has 7 nitrogen and oxygen atoms in total. The minimum absolute atomic E-state index is 0.0241. The van der Waals surface area contributed by atoms with Crippen LogP contribution in [0.1, 0.15) is 11.1 Å². The molecule has 7 heteroatoms.